The van der Waals surface area contributed by atoms with Crippen molar-refractivity contribution in [2.75, 3.05) is 5.32 Å². The molecule has 5 heteroatoms. The summed E-state index contributed by atoms with van der Waals surface area (Å²) in [4.78, 5) is 13.2. The van der Waals surface area contributed by atoms with Gasteiger partial charge in [-0.25, -0.2) is 15.0 Å². The number of nitrogens with zero attached hydrogens (tertiary/aromatic N) is 4. The van der Waals surface area contributed by atoms with Gasteiger partial charge in [-0.2, -0.15) is 0 Å². The lowest BCUT2D eigenvalue weighted by atomic mass is 9.68. The highest BCUT2D eigenvalue weighted by Crippen LogP contribution is 2.47. The van der Waals surface area contributed by atoms with Crippen molar-refractivity contribution in [1.82, 2.24) is 19.5 Å². The maximum Gasteiger partial charge on any atom is 0.165 e. The van der Waals surface area contributed by atoms with Crippen LogP contribution in [0.5, 0.6) is 0 Å². The van der Waals surface area contributed by atoms with E-state index in [2.05, 4.69) is 68.9 Å². The molecule has 1 unspecified atom stereocenters. The molecule has 6 rings (SSSR count). The van der Waals surface area contributed by atoms with Crippen LogP contribution in [0.2, 0.25) is 0 Å². The van der Waals surface area contributed by atoms with Gasteiger partial charge in [0.1, 0.15) is 6.33 Å². The van der Waals surface area contributed by atoms with Gasteiger partial charge in [0.15, 0.2) is 17.0 Å². The molecule has 5 nitrogen and oxygen atoms in total. The fraction of sp³-hybridized carbons (Fsp3) is 0.136. The average molecular weight is 351 g/mol. The molecule has 4 aliphatic carbocycles. The van der Waals surface area contributed by atoms with Gasteiger partial charge in [0.2, 0.25) is 0 Å². The van der Waals surface area contributed by atoms with E-state index in [1.54, 1.807) is 12.7 Å². The second-order valence-corrected chi connectivity index (χ2v) is 7.18. The Morgan fingerprint density at radius 3 is 2.96 bits per heavy atom. The van der Waals surface area contributed by atoms with Crippen LogP contribution in [0.1, 0.15) is 6.42 Å². The van der Waals surface area contributed by atoms with E-state index in [1.165, 1.54) is 27.9 Å². The molecular weight excluding hydrogens is 334 g/mol. The molecule has 2 heterocycles. The number of aryl methyl sites for hydroxylation is 1. The summed E-state index contributed by atoms with van der Waals surface area (Å²) >= 11 is 0. The summed E-state index contributed by atoms with van der Waals surface area (Å²) in [6, 6.07) is 0. The molecule has 0 bridgehead atoms. The quantitative estimate of drug-likeness (QED) is 0.891. The Kier molecular flexibility index (Phi) is 2.86. The first-order valence-electron chi connectivity index (χ1n) is 9.11. The maximum atomic E-state index is 4.46. The van der Waals surface area contributed by atoms with Crippen LogP contribution in [0, 0.1) is 5.92 Å². The maximum absolute atomic E-state index is 4.46. The lowest BCUT2D eigenvalue weighted by Crippen LogP contribution is -2.23. The van der Waals surface area contributed by atoms with Crippen LogP contribution in [0.25, 0.3) is 11.2 Å². The molecule has 0 saturated carbocycles. The first-order valence-corrected chi connectivity index (χ1v) is 9.11. The number of hydrogen-bond donors (Lipinski definition) is 1. The highest BCUT2D eigenvalue weighted by Gasteiger charge is 2.34. The highest BCUT2D eigenvalue weighted by molar-refractivity contribution is 5.84. The molecule has 0 aliphatic heterocycles. The van der Waals surface area contributed by atoms with E-state index in [9.17, 15) is 0 Å². The third-order valence-corrected chi connectivity index (χ3v) is 5.65. The first kappa shape index (κ1) is 14.7. The smallest absolute Gasteiger partial charge is 0.165 e. The Hall–Kier alpha value is -3.47. The summed E-state index contributed by atoms with van der Waals surface area (Å²) in [6.45, 7) is 0. The highest BCUT2D eigenvalue weighted by atomic mass is 15.1. The van der Waals surface area contributed by atoms with Gasteiger partial charge in [0, 0.05) is 18.7 Å². The SMILES string of the molecule is Cn1cnc2c(NC3=C4C=CC5=C6C(=CC=C(C=C3)C46)CC=C5)ncnc21. The Labute approximate surface area is 156 Å². The third-order valence-electron chi connectivity index (χ3n) is 5.65. The molecule has 4 aliphatic rings. The third kappa shape index (κ3) is 2.02. The van der Waals surface area contributed by atoms with Crippen molar-refractivity contribution in [2.45, 2.75) is 6.42 Å². The molecule has 0 aromatic carbocycles. The minimum atomic E-state index is 0.295. The van der Waals surface area contributed by atoms with Gasteiger partial charge in [-0.05, 0) is 40.4 Å². The van der Waals surface area contributed by atoms with Crippen molar-refractivity contribution in [3.8, 4) is 0 Å². The van der Waals surface area contributed by atoms with Crippen LogP contribution < -0.4 is 5.32 Å². The number of hydrogen-bond acceptors (Lipinski definition) is 4. The molecule has 0 amide bonds. The minimum absolute atomic E-state index is 0.295. The molecule has 2 aromatic heterocycles. The Bertz CT molecular complexity index is 1230. The topological polar surface area (TPSA) is 55.6 Å². The van der Waals surface area contributed by atoms with Crippen molar-refractivity contribution in [2.24, 2.45) is 13.0 Å². The molecule has 27 heavy (non-hydrogen) atoms. The van der Waals surface area contributed by atoms with Crippen molar-refractivity contribution in [3.63, 3.8) is 0 Å². The second kappa shape index (κ2) is 5.27. The largest absolute Gasteiger partial charge is 0.338 e. The van der Waals surface area contributed by atoms with E-state index in [0.29, 0.717) is 5.92 Å². The lowest BCUT2D eigenvalue weighted by Gasteiger charge is -2.36. The molecule has 1 N–H and O–H groups in total. The molecule has 0 fully saturated rings. The number of aromatic nitrogens is 4. The molecule has 0 saturated heterocycles. The van der Waals surface area contributed by atoms with Crippen LogP contribution >= 0.6 is 0 Å². The van der Waals surface area contributed by atoms with Gasteiger partial charge in [-0.3, -0.25) is 0 Å². The number of rotatable bonds is 2. The van der Waals surface area contributed by atoms with Gasteiger partial charge in [-0.15, -0.1) is 0 Å². The summed E-state index contributed by atoms with van der Waals surface area (Å²) in [5.74, 6) is 1.03. The molecule has 0 spiro atoms. The molecule has 2 aromatic rings. The van der Waals surface area contributed by atoms with Gasteiger partial charge >= 0.3 is 0 Å². The monoisotopic (exact) mass is 351 g/mol. The molecule has 130 valence electrons. The number of imidazole rings is 1. The summed E-state index contributed by atoms with van der Waals surface area (Å²) in [6.07, 6.45) is 22.2. The molecule has 0 radical (unpaired) electrons. The molecule has 1 atom stereocenters. The normalized spacial score (nSPS) is 22.2. The van der Waals surface area contributed by atoms with Crippen molar-refractivity contribution in [3.05, 3.63) is 94.8 Å². The van der Waals surface area contributed by atoms with Gasteiger partial charge in [0.25, 0.3) is 0 Å². The summed E-state index contributed by atoms with van der Waals surface area (Å²) in [5, 5.41) is 3.52. The second-order valence-electron chi connectivity index (χ2n) is 7.18. The van der Waals surface area contributed by atoms with Crippen LogP contribution in [0.15, 0.2) is 94.8 Å². The van der Waals surface area contributed by atoms with E-state index in [0.717, 1.165) is 29.1 Å². The van der Waals surface area contributed by atoms with Crippen LogP contribution in [-0.4, -0.2) is 19.5 Å². The lowest BCUT2D eigenvalue weighted by molar-refractivity contribution is 0.821. The minimum Gasteiger partial charge on any atom is -0.338 e. The number of fused-ring (bicyclic) bond motifs is 1. The van der Waals surface area contributed by atoms with E-state index >= 15 is 0 Å². The Balaban J connectivity index is 1.49. The molecular formula is C22H17N5. The summed E-state index contributed by atoms with van der Waals surface area (Å²) in [7, 11) is 1.94. The van der Waals surface area contributed by atoms with Crippen molar-refractivity contribution < 1.29 is 0 Å². The zero-order chi connectivity index (χ0) is 18.0. The zero-order valence-electron chi connectivity index (χ0n) is 14.8. The number of allylic oxidation sites excluding steroid dienone is 13. The van der Waals surface area contributed by atoms with Gasteiger partial charge in [-0.1, -0.05) is 42.5 Å². The Morgan fingerprint density at radius 2 is 2.00 bits per heavy atom. The van der Waals surface area contributed by atoms with Crippen molar-refractivity contribution in [1.29, 1.82) is 0 Å². The van der Waals surface area contributed by atoms with Gasteiger partial charge < -0.3 is 9.88 Å². The van der Waals surface area contributed by atoms with Crippen LogP contribution in [0.3, 0.4) is 0 Å². The predicted octanol–water partition coefficient (Wildman–Crippen LogP) is 3.91. The van der Waals surface area contributed by atoms with E-state index in [-0.39, 0.29) is 0 Å². The number of nitrogens with one attached hydrogen (secondary N) is 1. The standard InChI is InChI=1S/C22H17N5/c1-27-12-25-20-21(23-11-24-22(20)27)26-17-10-8-15-6-5-13-3-2-4-14-7-9-16(17)19(15)18(13)14/h2,4-12,19H,3H2,1H3,(H,23,24,26). The zero-order valence-corrected chi connectivity index (χ0v) is 14.8. The van der Waals surface area contributed by atoms with E-state index in [1.807, 2.05) is 11.6 Å². The first-order chi connectivity index (χ1) is 13.3. The van der Waals surface area contributed by atoms with Crippen LogP contribution in [0.4, 0.5) is 5.82 Å². The van der Waals surface area contributed by atoms with Gasteiger partial charge in [0.05, 0.1) is 6.33 Å². The number of anilines is 1. The van der Waals surface area contributed by atoms with E-state index in [4.69, 9.17) is 0 Å². The fourth-order valence-electron chi connectivity index (χ4n) is 4.37. The predicted molar refractivity (Wildman–Crippen MR) is 106 cm³/mol. The average Bonchev–Trinajstić information content (AvgIpc) is 3.09. The summed E-state index contributed by atoms with van der Waals surface area (Å²) in [5.41, 5.74) is 9.50. The van der Waals surface area contributed by atoms with E-state index < -0.39 is 0 Å². The van der Waals surface area contributed by atoms with Crippen molar-refractivity contribution >= 4 is 17.0 Å². The van der Waals surface area contributed by atoms with Crippen LogP contribution in [-0.2, 0) is 7.05 Å². The Morgan fingerprint density at radius 1 is 1.04 bits per heavy atom. The fourth-order valence-corrected chi connectivity index (χ4v) is 4.37. The summed E-state index contributed by atoms with van der Waals surface area (Å²) < 4.78 is 1.90.